The van der Waals surface area contributed by atoms with Crippen LogP contribution in [-0.4, -0.2) is 64.1 Å². The van der Waals surface area contributed by atoms with E-state index < -0.39 is 17.2 Å². The van der Waals surface area contributed by atoms with Gasteiger partial charge in [0.2, 0.25) is 5.43 Å². The van der Waals surface area contributed by atoms with E-state index in [1.165, 1.54) is 23.5 Å². The van der Waals surface area contributed by atoms with E-state index in [0.29, 0.717) is 48.1 Å². The van der Waals surface area contributed by atoms with Crippen molar-refractivity contribution in [2.45, 2.75) is 22.8 Å². The minimum atomic E-state index is -1.32. The quantitative estimate of drug-likeness (QED) is 0.292. The first-order chi connectivity index (χ1) is 16.7. The van der Waals surface area contributed by atoms with Gasteiger partial charge in [-0.05, 0) is 19.1 Å². The first-order valence-corrected chi connectivity index (χ1v) is 12.6. The number of aromatic carboxylic acids is 1. The lowest BCUT2D eigenvalue weighted by molar-refractivity contribution is -0.127. The van der Waals surface area contributed by atoms with Crippen LogP contribution < -0.4 is 26.7 Å². The number of rotatable bonds is 4. The molecule has 4 heterocycles. The van der Waals surface area contributed by atoms with Crippen molar-refractivity contribution in [3.8, 4) is 0 Å². The number of amides is 1. The molecule has 0 spiro atoms. The highest BCUT2D eigenvalue weighted by atomic mass is 32.2. The first kappa shape index (κ1) is 23.4. The van der Waals surface area contributed by atoms with E-state index in [0.717, 1.165) is 6.07 Å². The summed E-state index contributed by atoms with van der Waals surface area (Å²) >= 11 is 2.60. The average molecular weight is 520 g/mol. The molecule has 14 heteroatoms. The van der Waals surface area contributed by atoms with Gasteiger partial charge in [-0.1, -0.05) is 23.5 Å². The zero-order valence-corrected chi connectivity index (χ0v) is 20.1. The highest BCUT2D eigenvalue weighted by molar-refractivity contribution is 8.03. The van der Waals surface area contributed by atoms with Crippen molar-refractivity contribution < 1.29 is 19.1 Å². The van der Waals surface area contributed by atoms with Gasteiger partial charge in [0.1, 0.15) is 17.1 Å². The molecular formula is C21H22FN7O4S2. The van der Waals surface area contributed by atoms with Crippen LogP contribution in [0.4, 0.5) is 10.1 Å². The molecule has 1 aromatic heterocycles. The summed E-state index contributed by atoms with van der Waals surface area (Å²) < 4.78 is 16.9. The summed E-state index contributed by atoms with van der Waals surface area (Å²) in [5, 5.41) is 24.5. The van der Waals surface area contributed by atoms with Gasteiger partial charge in [-0.25, -0.2) is 9.18 Å². The van der Waals surface area contributed by atoms with Crippen LogP contribution in [0.25, 0.3) is 10.9 Å². The summed E-state index contributed by atoms with van der Waals surface area (Å²) in [4.78, 5) is 40.8. The molecule has 184 valence electrons. The normalized spacial score (nSPS) is 21.1. The number of nitrogens with one attached hydrogen (secondary N) is 3. The van der Waals surface area contributed by atoms with E-state index in [9.17, 15) is 19.5 Å². The maximum absolute atomic E-state index is 15.1. The highest BCUT2D eigenvalue weighted by Gasteiger charge is 2.34. The van der Waals surface area contributed by atoms with Crippen LogP contribution in [0.5, 0.6) is 0 Å². The van der Waals surface area contributed by atoms with E-state index in [-0.39, 0.29) is 33.7 Å². The monoisotopic (exact) mass is 519 g/mol. The molecule has 6 N–H and O–H groups in total. The molecule has 35 heavy (non-hydrogen) atoms. The molecule has 0 radical (unpaired) electrons. The Bertz CT molecular complexity index is 1370. The molecule has 1 saturated heterocycles. The Morgan fingerprint density at radius 3 is 2.63 bits per heavy atom. The number of hydrogen-bond acceptors (Lipinski definition) is 8. The van der Waals surface area contributed by atoms with Crippen LogP contribution in [0.15, 0.2) is 33.1 Å². The standard InChI is InChI=1S/C21H22FN7O4S2/c1-9-29-13-7-14(11(22)6-10(13)16(30)15(19(32)33)18(29)35-9)27-2-4-28(5-3-27)17(31)12-8-34-21(25-12)26-20(23)24/h6-9,21,25H,2-5H2,1H3,(H,32,33)(H4,23,24,26). The van der Waals surface area contributed by atoms with E-state index in [2.05, 4.69) is 10.6 Å². The van der Waals surface area contributed by atoms with Gasteiger partial charge >= 0.3 is 5.97 Å². The van der Waals surface area contributed by atoms with E-state index in [4.69, 9.17) is 11.1 Å². The molecule has 2 aromatic rings. The van der Waals surface area contributed by atoms with Gasteiger partial charge in [0.25, 0.3) is 5.91 Å². The van der Waals surface area contributed by atoms with Gasteiger partial charge in [-0.2, -0.15) is 0 Å². The van der Waals surface area contributed by atoms with Gasteiger partial charge in [0.05, 0.1) is 21.6 Å². The van der Waals surface area contributed by atoms with E-state index in [1.54, 1.807) is 20.9 Å². The third kappa shape index (κ3) is 3.95. The Kier molecular flexibility index (Phi) is 5.79. The molecule has 2 atom stereocenters. The summed E-state index contributed by atoms with van der Waals surface area (Å²) in [6.45, 7) is 3.40. The van der Waals surface area contributed by atoms with Crippen LogP contribution in [0.1, 0.15) is 22.7 Å². The number of hydrogen-bond donors (Lipinski definition) is 5. The second kappa shape index (κ2) is 8.68. The largest absolute Gasteiger partial charge is 0.477 e. The summed E-state index contributed by atoms with van der Waals surface area (Å²) in [6, 6.07) is 2.72. The molecular weight excluding hydrogens is 497 g/mol. The summed E-state index contributed by atoms with van der Waals surface area (Å²) in [6.07, 6.45) is 0. The summed E-state index contributed by atoms with van der Waals surface area (Å²) in [5.74, 6) is -2.32. The lowest BCUT2D eigenvalue weighted by atomic mass is 10.1. The zero-order chi connectivity index (χ0) is 25.0. The maximum atomic E-state index is 15.1. The number of benzene rings is 1. The van der Waals surface area contributed by atoms with Crippen molar-refractivity contribution in [1.82, 2.24) is 20.1 Å². The number of piperazine rings is 1. The van der Waals surface area contributed by atoms with Gasteiger partial charge in [-0.3, -0.25) is 15.0 Å². The second-order valence-corrected chi connectivity index (χ2v) is 10.5. The van der Waals surface area contributed by atoms with Crippen molar-refractivity contribution in [3.05, 3.63) is 44.8 Å². The van der Waals surface area contributed by atoms with Crippen molar-refractivity contribution in [2.75, 3.05) is 31.1 Å². The minimum absolute atomic E-state index is 0.0406. The van der Waals surface area contributed by atoms with Crippen molar-refractivity contribution in [3.63, 3.8) is 0 Å². The number of fused-ring (bicyclic) bond motifs is 3. The summed E-state index contributed by atoms with van der Waals surface area (Å²) in [7, 11) is 0. The smallest absolute Gasteiger partial charge is 0.342 e. The van der Waals surface area contributed by atoms with Gasteiger partial charge in [0, 0.05) is 37.0 Å². The van der Waals surface area contributed by atoms with Crippen molar-refractivity contribution >= 4 is 58.0 Å². The number of nitrogens with zero attached hydrogens (tertiary/aromatic N) is 3. The zero-order valence-electron chi connectivity index (χ0n) is 18.5. The lowest BCUT2D eigenvalue weighted by Gasteiger charge is -2.37. The maximum Gasteiger partial charge on any atom is 0.342 e. The van der Waals surface area contributed by atoms with Crippen LogP contribution in [0.2, 0.25) is 0 Å². The number of anilines is 1. The fourth-order valence-corrected chi connectivity index (χ4v) is 6.44. The molecule has 0 aliphatic carbocycles. The van der Waals surface area contributed by atoms with E-state index >= 15 is 4.39 Å². The van der Waals surface area contributed by atoms with Crippen LogP contribution >= 0.6 is 23.5 Å². The number of nitrogens with two attached hydrogens (primary N) is 1. The van der Waals surface area contributed by atoms with Crippen LogP contribution in [-0.2, 0) is 4.79 Å². The molecule has 3 aliphatic heterocycles. The third-order valence-corrected chi connectivity index (χ3v) is 8.18. The fourth-order valence-electron chi connectivity index (χ4n) is 4.46. The Morgan fingerprint density at radius 2 is 2.00 bits per heavy atom. The molecule has 1 aromatic carbocycles. The minimum Gasteiger partial charge on any atom is -0.477 e. The molecule has 0 bridgehead atoms. The molecule has 1 fully saturated rings. The van der Waals surface area contributed by atoms with Gasteiger partial charge < -0.3 is 35.8 Å². The van der Waals surface area contributed by atoms with Crippen LogP contribution in [0, 0.1) is 11.2 Å². The molecule has 0 saturated carbocycles. The fraction of sp³-hybridized carbons (Fsp3) is 0.333. The van der Waals surface area contributed by atoms with Gasteiger partial charge in [0.15, 0.2) is 11.5 Å². The molecule has 1 amide bonds. The Hall–Kier alpha value is -3.39. The number of carboxylic acid groups (broad SMARTS) is 1. The van der Waals surface area contributed by atoms with E-state index in [1.807, 2.05) is 11.8 Å². The molecule has 5 rings (SSSR count). The number of guanidine groups is 1. The molecule has 3 aliphatic rings. The first-order valence-electron chi connectivity index (χ1n) is 10.7. The summed E-state index contributed by atoms with van der Waals surface area (Å²) in [5.41, 5.74) is 5.14. The Labute approximate surface area is 207 Å². The average Bonchev–Trinajstić information content (AvgIpc) is 3.26. The number of carbonyl (C=O) groups excluding carboxylic acids is 1. The SMILES string of the molecule is CC1Sc2c(C(=O)O)c(=O)c3cc(F)c(N4CCN(C(=O)C5=CSC(NC(=N)N)N5)CC4)cc3n21. The van der Waals surface area contributed by atoms with Gasteiger partial charge in [-0.15, -0.1) is 0 Å². The number of pyridine rings is 1. The molecule has 11 nitrogen and oxygen atoms in total. The third-order valence-electron chi connectivity index (χ3n) is 6.12. The Morgan fingerprint density at radius 1 is 1.29 bits per heavy atom. The Balaban J connectivity index is 1.35. The number of carbonyl (C=O) groups is 2. The number of halogens is 1. The number of carboxylic acids is 1. The predicted octanol–water partition coefficient (Wildman–Crippen LogP) is 1.06. The van der Waals surface area contributed by atoms with Crippen molar-refractivity contribution in [1.29, 1.82) is 5.41 Å². The second-order valence-electron chi connectivity index (χ2n) is 8.25. The lowest BCUT2D eigenvalue weighted by Crippen LogP contribution is -2.51. The topological polar surface area (TPSA) is 157 Å². The molecule has 2 unspecified atom stereocenters. The van der Waals surface area contributed by atoms with Crippen LogP contribution in [0.3, 0.4) is 0 Å². The highest BCUT2D eigenvalue weighted by Crippen LogP contribution is 2.46. The number of aromatic nitrogens is 1. The predicted molar refractivity (Wildman–Crippen MR) is 132 cm³/mol. The number of thioether (sulfide) groups is 2. The van der Waals surface area contributed by atoms with Crippen molar-refractivity contribution in [2.24, 2.45) is 5.73 Å².